The minimum Gasteiger partial charge on any atom is -0.496 e. The van der Waals surface area contributed by atoms with E-state index in [4.69, 9.17) is 9.15 Å². The van der Waals surface area contributed by atoms with Crippen LogP contribution in [-0.4, -0.2) is 17.9 Å². The van der Waals surface area contributed by atoms with Crippen LogP contribution in [0.15, 0.2) is 39.0 Å². The van der Waals surface area contributed by atoms with E-state index in [-0.39, 0.29) is 5.78 Å². The van der Waals surface area contributed by atoms with Crippen molar-refractivity contribution >= 4 is 17.5 Å². The van der Waals surface area contributed by atoms with Crippen LogP contribution in [0.25, 0.3) is 0 Å². The number of oxazole rings is 1. The minimum atomic E-state index is -0.0433. The quantitative estimate of drug-likeness (QED) is 0.792. The number of hydrogen-bond donors (Lipinski definition) is 0. The van der Waals surface area contributed by atoms with Gasteiger partial charge in [-0.3, -0.25) is 4.79 Å². The summed E-state index contributed by atoms with van der Waals surface area (Å²) in [6, 6.07) is 5.45. The molecule has 1 aromatic carbocycles. The lowest BCUT2D eigenvalue weighted by atomic mass is 10.1. The molecule has 18 heavy (non-hydrogen) atoms. The number of Topliss-reactive ketones (excluding diaryl/α,β-unsaturated/α-hetero) is 1. The Hall–Kier alpha value is -1.75. The van der Waals surface area contributed by atoms with Gasteiger partial charge in [-0.1, -0.05) is 6.07 Å². The number of nitrogens with zero attached hydrogens (tertiary/aromatic N) is 1. The van der Waals surface area contributed by atoms with E-state index < -0.39 is 0 Å². The van der Waals surface area contributed by atoms with Crippen molar-refractivity contribution in [1.29, 1.82) is 0 Å². The third-order valence-corrected chi connectivity index (χ3v) is 3.28. The smallest absolute Gasteiger partial charge is 0.260 e. The van der Waals surface area contributed by atoms with E-state index in [0.29, 0.717) is 16.5 Å². The van der Waals surface area contributed by atoms with Crippen LogP contribution in [0, 0.1) is 6.92 Å². The average molecular weight is 263 g/mol. The molecule has 0 saturated carbocycles. The number of carbonyl (C=O) groups is 1. The highest BCUT2D eigenvalue weighted by atomic mass is 32.2. The molecule has 5 heteroatoms. The van der Waals surface area contributed by atoms with E-state index >= 15 is 0 Å². The molecule has 0 N–H and O–H groups in total. The summed E-state index contributed by atoms with van der Waals surface area (Å²) in [6.07, 6.45) is 1.58. The second-order valence-electron chi connectivity index (χ2n) is 3.75. The molecule has 2 rings (SSSR count). The van der Waals surface area contributed by atoms with Gasteiger partial charge in [0.25, 0.3) is 5.22 Å². The monoisotopic (exact) mass is 263 g/mol. The number of rotatable bonds is 4. The first-order valence-electron chi connectivity index (χ1n) is 5.39. The van der Waals surface area contributed by atoms with Gasteiger partial charge >= 0.3 is 0 Å². The van der Waals surface area contributed by atoms with Gasteiger partial charge in [-0.25, -0.2) is 4.98 Å². The number of benzene rings is 1. The standard InChI is InChI=1S/C13H13NO3S/c1-8-7-17-13(14-8)18-11-6-4-5-10(16-3)12(11)9(2)15/h4-7H,1-3H3. The fraction of sp³-hybridized carbons (Fsp3) is 0.231. The van der Waals surface area contributed by atoms with Crippen molar-refractivity contribution in [3.8, 4) is 5.75 Å². The Kier molecular flexibility index (Phi) is 3.72. The summed E-state index contributed by atoms with van der Waals surface area (Å²) >= 11 is 1.31. The summed E-state index contributed by atoms with van der Waals surface area (Å²) in [6.45, 7) is 3.37. The van der Waals surface area contributed by atoms with Gasteiger partial charge in [-0.2, -0.15) is 0 Å². The van der Waals surface area contributed by atoms with Crippen molar-refractivity contribution in [3.63, 3.8) is 0 Å². The normalized spacial score (nSPS) is 10.4. The van der Waals surface area contributed by atoms with Crippen LogP contribution in [0.2, 0.25) is 0 Å². The lowest BCUT2D eigenvalue weighted by Crippen LogP contribution is -1.99. The number of aromatic nitrogens is 1. The summed E-state index contributed by atoms with van der Waals surface area (Å²) in [5, 5.41) is 0.517. The molecular weight excluding hydrogens is 250 g/mol. The summed E-state index contributed by atoms with van der Waals surface area (Å²) in [5.74, 6) is 0.522. The first-order valence-corrected chi connectivity index (χ1v) is 6.21. The number of ether oxygens (including phenoxy) is 1. The number of carbonyl (C=O) groups excluding carboxylic acids is 1. The average Bonchev–Trinajstić information content (AvgIpc) is 2.74. The third kappa shape index (κ3) is 2.56. The fourth-order valence-corrected chi connectivity index (χ4v) is 2.55. The maximum atomic E-state index is 11.7. The summed E-state index contributed by atoms with van der Waals surface area (Å²) in [5.41, 5.74) is 1.37. The molecule has 1 aromatic heterocycles. The number of aryl methyl sites for hydroxylation is 1. The maximum Gasteiger partial charge on any atom is 0.260 e. The highest BCUT2D eigenvalue weighted by molar-refractivity contribution is 7.99. The molecule has 1 heterocycles. The predicted octanol–water partition coefficient (Wildman–Crippen LogP) is 3.35. The van der Waals surface area contributed by atoms with Gasteiger partial charge in [0.1, 0.15) is 12.0 Å². The lowest BCUT2D eigenvalue weighted by Gasteiger charge is -2.09. The van der Waals surface area contributed by atoms with Crippen LogP contribution < -0.4 is 4.74 Å². The van der Waals surface area contributed by atoms with Gasteiger partial charge in [0.05, 0.1) is 18.4 Å². The van der Waals surface area contributed by atoms with Gasteiger partial charge in [-0.15, -0.1) is 0 Å². The van der Waals surface area contributed by atoms with E-state index in [1.807, 2.05) is 19.1 Å². The molecule has 0 atom stereocenters. The molecule has 0 fully saturated rings. The van der Waals surface area contributed by atoms with Crippen LogP contribution in [0.3, 0.4) is 0 Å². The summed E-state index contributed by atoms with van der Waals surface area (Å²) < 4.78 is 10.5. The number of methoxy groups -OCH3 is 1. The predicted molar refractivity (Wildman–Crippen MR) is 68.4 cm³/mol. The largest absolute Gasteiger partial charge is 0.496 e. The molecule has 0 aliphatic rings. The molecule has 0 spiro atoms. The molecule has 0 aliphatic heterocycles. The Morgan fingerprint density at radius 3 is 2.78 bits per heavy atom. The van der Waals surface area contributed by atoms with Crippen molar-refractivity contribution in [1.82, 2.24) is 4.98 Å². The molecule has 0 saturated heterocycles. The molecule has 0 aliphatic carbocycles. The SMILES string of the molecule is COc1cccc(Sc2nc(C)co2)c1C(C)=O. The van der Waals surface area contributed by atoms with Gasteiger partial charge < -0.3 is 9.15 Å². The summed E-state index contributed by atoms with van der Waals surface area (Å²) in [4.78, 5) is 16.7. The van der Waals surface area contributed by atoms with Crippen molar-refractivity contribution in [2.45, 2.75) is 24.0 Å². The Labute approximate surface area is 109 Å². The van der Waals surface area contributed by atoms with E-state index in [1.165, 1.54) is 18.7 Å². The third-order valence-electron chi connectivity index (χ3n) is 2.36. The Bertz CT molecular complexity index is 577. The fourth-order valence-electron chi connectivity index (χ4n) is 1.59. The Morgan fingerprint density at radius 2 is 2.22 bits per heavy atom. The molecular formula is C13H13NO3S. The molecule has 0 amide bonds. The second kappa shape index (κ2) is 5.27. The van der Waals surface area contributed by atoms with Gasteiger partial charge in [0.2, 0.25) is 0 Å². The molecule has 0 unspecified atom stereocenters. The first kappa shape index (κ1) is 12.7. The van der Waals surface area contributed by atoms with Gasteiger partial charge in [0.15, 0.2) is 5.78 Å². The van der Waals surface area contributed by atoms with Crippen LogP contribution in [0.1, 0.15) is 23.0 Å². The second-order valence-corrected chi connectivity index (χ2v) is 4.74. The maximum absolute atomic E-state index is 11.7. The minimum absolute atomic E-state index is 0.0433. The molecule has 0 radical (unpaired) electrons. The van der Waals surface area contributed by atoms with Crippen LogP contribution in [-0.2, 0) is 0 Å². The van der Waals surface area contributed by atoms with E-state index in [9.17, 15) is 4.79 Å². The van der Waals surface area contributed by atoms with Crippen LogP contribution in [0.4, 0.5) is 0 Å². The van der Waals surface area contributed by atoms with Gasteiger partial charge in [0, 0.05) is 4.90 Å². The zero-order chi connectivity index (χ0) is 13.1. The highest BCUT2D eigenvalue weighted by Gasteiger charge is 2.16. The van der Waals surface area contributed by atoms with Crippen LogP contribution >= 0.6 is 11.8 Å². The number of hydrogen-bond acceptors (Lipinski definition) is 5. The zero-order valence-corrected chi connectivity index (χ0v) is 11.2. The lowest BCUT2D eigenvalue weighted by molar-refractivity contribution is 0.101. The van der Waals surface area contributed by atoms with Crippen LogP contribution in [0.5, 0.6) is 5.75 Å². The molecule has 4 nitrogen and oxygen atoms in total. The van der Waals surface area contributed by atoms with Crippen molar-refractivity contribution in [2.75, 3.05) is 7.11 Å². The van der Waals surface area contributed by atoms with Crippen molar-refractivity contribution in [2.24, 2.45) is 0 Å². The molecule has 2 aromatic rings. The van der Waals surface area contributed by atoms with Gasteiger partial charge in [-0.05, 0) is 37.7 Å². The van der Waals surface area contributed by atoms with E-state index in [2.05, 4.69) is 4.98 Å². The number of ketones is 1. The summed E-state index contributed by atoms with van der Waals surface area (Å²) in [7, 11) is 1.55. The molecule has 0 bridgehead atoms. The Morgan fingerprint density at radius 1 is 1.44 bits per heavy atom. The topological polar surface area (TPSA) is 52.3 Å². The Balaban J connectivity index is 2.41. The molecule has 94 valence electrons. The van der Waals surface area contributed by atoms with Crippen molar-refractivity contribution in [3.05, 3.63) is 35.7 Å². The van der Waals surface area contributed by atoms with Crippen molar-refractivity contribution < 1.29 is 13.9 Å². The highest BCUT2D eigenvalue weighted by Crippen LogP contribution is 2.34. The zero-order valence-electron chi connectivity index (χ0n) is 10.4. The van der Waals surface area contributed by atoms with E-state index in [1.54, 1.807) is 19.4 Å². The first-order chi connectivity index (χ1) is 8.61. The van der Waals surface area contributed by atoms with E-state index in [0.717, 1.165) is 10.6 Å².